The number of hydrogen-bond acceptors (Lipinski definition) is 2. The number of anilines is 1. The van der Waals surface area contributed by atoms with Crippen molar-refractivity contribution < 1.29 is 4.79 Å². The average molecular weight is 338 g/mol. The Morgan fingerprint density at radius 3 is 1.92 bits per heavy atom. The van der Waals surface area contributed by atoms with Crippen molar-refractivity contribution in [1.29, 1.82) is 5.26 Å². The molecule has 26 heavy (non-hydrogen) atoms. The molecule has 3 nitrogen and oxygen atoms in total. The van der Waals surface area contributed by atoms with Crippen LogP contribution >= 0.6 is 0 Å². The van der Waals surface area contributed by atoms with Crippen LogP contribution < -0.4 is 5.32 Å². The Bertz CT molecular complexity index is 917. The molecular formula is C23H18N2O. The summed E-state index contributed by atoms with van der Waals surface area (Å²) in [4.78, 5) is 12.9. The predicted molar refractivity (Wildman–Crippen MR) is 102 cm³/mol. The van der Waals surface area contributed by atoms with Crippen molar-refractivity contribution in [2.75, 3.05) is 5.32 Å². The summed E-state index contributed by atoms with van der Waals surface area (Å²) in [6.07, 6.45) is 0.795. The summed E-state index contributed by atoms with van der Waals surface area (Å²) in [6, 6.07) is 29.5. The van der Waals surface area contributed by atoms with Gasteiger partial charge in [-0.15, -0.1) is 0 Å². The van der Waals surface area contributed by atoms with Gasteiger partial charge < -0.3 is 5.32 Å². The van der Waals surface area contributed by atoms with Gasteiger partial charge in [-0.25, -0.2) is 0 Å². The number of carbonyl (C=O) groups is 1. The first-order valence-corrected chi connectivity index (χ1v) is 8.66. The summed E-state index contributed by atoms with van der Waals surface area (Å²) >= 11 is 0. The maximum atomic E-state index is 12.9. The van der Waals surface area contributed by atoms with Crippen LogP contribution in [0.3, 0.4) is 0 Å². The molecule has 3 aromatic rings. The lowest BCUT2D eigenvalue weighted by Gasteiger charge is -2.19. The topological polar surface area (TPSA) is 52.9 Å². The second-order valence-electron chi connectivity index (χ2n) is 6.64. The van der Waals surface area contributed by atoms with Crippen LogP contribution in [0.25, 0.3) is 0 Å². The molecule has 3 heteroatoms. The van der Waals surface area contributed by atoms with E-state index >= 15 is 0 Å². The second kappa shape index (κ2) is 6.50. The van der Waals surface area contributed by atoms with E-state index in [-0.39, 0.29) is 17.2 Å². The number of benzene rings is 3. The number of carbonyl (C=O) groups excluding carboxylic acids is 1. The molecule has 1 saturated carbocycles. The smallest absolute Gasteiger partial charge is 0.228 e. The summed E-state index contributed by atoms with van der Waals surface area (Å²) in [6.45, 7) is 0. The van der Waals surface area contributed by atoms with Crippen LogP contribution in [0, 0.1) is 17.2 Å². The van der Waals surface area contributed by atoms with Gasteiger partial charge in [-0.1, -0.05) is 60.7 Å². The van der Waals surface area contributed by atoms with Crippen molar-refractivity contribution in [1.82, 2.24) is 0 Å². The average Bonchev–Trinajstić information content (AvgIpc) is 3.47. The van der Waals surface area contributed by atoms with Crippen molar-refractivity contribution in [3.05, 3.63) is 102 Å². The molecule has 0 aliphatic heterocycles. The maximum absolute atomic E-state index is 12.9. The van der Waals surface area contributed by atoms with Gasteiger partial charge >= 0.3 is 0 Å². The molecule has 1 amide bonds. The highest BCUT2D eigenvalue weighted by Gasteiger charge is 2.60. The van der Waals surface area contributed by atoms with Gasteiger partial charge in [0.25, 0.3) is 0 Å². The third kappa shape index (κ3) is 2.76. The first-order chi connectivity index (χ1) is 12.7. The van der Waals surface area contributed by atoms with E-state index in [0.717, 1.165) is 12.1 Å². The largest absolute Gasteiger partial charge is 0.326 e. The van der Waals surface area contributed by atoms with E-state index < -0.39 is 0 Å². The monoisotopic (exact) mass is 338 g/mol. The number of rotatable bonds is 4. The molecule has 0 spiro atoms. The molecule has 0 radical (unpaired) electrons. The van der Waals surface area contributed by atoms with Gasteiger partial charge in [0.05, 0.1) is 17.6 Å². The van der Waals surface area contributed by atoms with Crippen molar-refractivity contribution in [2.45, 2.75) is 11.8 Å². The number of hydrogen-bond donors (Lipinski definition) is 1. The Hall–Kier alpha value is -3.38. The summed E-state index contributed by atoms with van der Waals surface area (Å²) in [5, 5.41) is 11.9. The van der Waals surface area contributed by atoms with Crippen LogP contribution in [0.4, 0.5) is 5.69 Å². The van der Waals surface area contributed by atoms with Crippen LogP contribution in [0.2, 0.25) is 0 Å². The lowest BCUT2D eigenvalue weighted by atomic mass is 9.85. The summed E-state index contributed by atoms with van der Waals surface area (Å²) in [5.74, 6) is -0.0923. The van der Waals surface area contributed by atoms with Gasteiger partial charge in [0.2, 0.25) is 5.91 Å². The van der Waals surface area contributed by atoms with Gasteiger partial charge in [0.15, 0.2) is 0 Å². The molecule has 1 atom stereocenters. The molecule has 3 aromatic carbocycles. The lowest BCUT2D eigenvalue weighted by Crippen LogP contribution is -2.22. The van der Waals surface area contributed by atoms with E-state index in [1.807, 2.05) is 36.4 Å². The zero-order chi connectivity index (χ0) is 18.0. The highest BCUT2D eigenvalue weighted by atomic mass is 16.2. The molecule has 1 N–H and O–H groups in total. The molecule has 1 fully saturated rings. The number of nitrogens with one attached hydrogen (secondary N) is 1. The van der Waals surface area contributed by atoms with Crippen molar-refractivity contribution in [3.8, 4) is 6.07 Å². The van der Waals surface area contributed by atoms with E-state index in [9.17, 15) is 4.79 Å². The Labute approximate surface area is 152 Å². The predicted octanol–water partition coefficient (Wildman–Crippen LogP) is 4.50. The van der Waals surface area contributed by atoms with Crippen LogP contribution in [-0.2, 0) is 10.2 Å². The molecular weight excluding hydrogens is 320 g/mol. The molecule has 1 aliphatic carbocycles. The second-order valence-corrected chi connectivity index (χ2v) is 6.64. The minimum Gasteiger partial charge on any atom is -0.326 e. The number of amides is 1. The Balaban J connectivity index is 1.62. The van der Waals surface area contributed by atoms with Gasteiger partial charge in [0, 0.05) is 11.1 Å². The van der Waals surface area contributed by atoms with Crippen LogP contribution in [0.15, 0.2) is 84.9 Å². The van der Waals surface area contributed by atoms with Gasteiger partial charge in [-0.2, -0.15) is 5.26 Å². The fourth-order valence-corrected chi connectivity index (χ4v) is 3.71. The lowest BCUT2D eigenvalue weighted by molar-refractivity contribution is -0.117. The fourth-order valence-electron chi connectivity index (χ4n) is 3.71. The third-order valence-electron chi connectivity index (χ3n) is 5.14. The zero-order valence-electron chi connectivity index (χ0n) is 14.2. The first-order valence-electron chi connectivity index (χ1n) is 8.66. The van der Waals surface area contributed by atoms with E-state index in [2.05, 4.69) is 35.7 Å². The van der Waals surface area contributed by atoms with Crippen molar-refractivity contribution in [2.24, 2.45) is 5.92 Å². The van der Waals surface area contributed by atoms with Crippen LogP contribution in [0.5, 0.6) is 0 Å². The van der Waals surface area contributed by atoms with E-state index in [1.165, 1.54) is 11.1 Å². The zero-order valence-corrected chi connectivity index (χ0v) is 14.2. The molecule has 0 heterocycles. The van der Waals surface area contributed by atoms with Crippen LogP contribution in [0.1, 0.15) is 23.1 Å². The van der Waals surface area contributed by atoms with E-state index in [4.69, 9.17) is 5.26 Å². The first kappa shape index (κ1) is 16.1. The number of nitrogens with zero attached hydrogens (tertiary/aromatic N) is 1. The van der Waals surface area contributed by atoms with Crippen molar-refractivity contribution in [3.63, 3.8) is 0 Å². The minimum absolute atomic E-state index is 0.0161. The number of nitriles is 1. The van der Waals surface area contributed by atoms with E-state index in [0.29, 0.717) is 5.56 Å². The summed E-state index contributed by atoms with van der Waals surface area (Å²) in [7, 11) is 0. The molecule has 0 bridgehead atoms. The maximum Gasteiger partial charge on any atom is 0.228 e. The Kier molecular flexibility index (Phi) is 4.02. The molecule has 4 rings (SSSR count). The standard InChI is InChI=1S/C23H18N2O/c24-16-17-11-13-20(14-12-17)25-22(26)21-15-23(21,18-7-3-1-4-8-18)19-9-5-2-6-10-19/h1-14,21H,15H2,(H,25,26). The fraction of sp³-hybridized carbons (Fsp3) is 0.130. The van der Waals surface area contributed by atoms with E-state index in [1.54, 1.807) is 24.3 Å². The highest BCUT2D eigenvalue weighted by Crippen LogP contribution is 2.59. The molecule has 1 unspecified atom stereocenters. The minimum atomic E-state index is -0.265. The van der Waals surface area contributed by atoms with Gasteiger partial charge in [0.1, 0.15) is 0 Å². The Morgan fingerprint density at radius 1 is 0.885 bits per heavy atom. The SMILES string of the molecule is N#Cc1ccc(NC(=O)C2CC2(c2ccccc2)c2ccccc2)cc1. The van der Waals surface area contributed by atoms with Gasteiger partial charge in [-0.3, -0.25) is 4.79 Å². The quantitative estimate of drug-likeness (QED) is 0.761. The molecule has 0 saturated heterocycles. The molecule has 126 valence electrons. The highest BCUT2D eigenvalue weighted by molar-refractivity contribution is 5.97. The third-order valence-corrected chi connectivity index (χ3v) is 5.14. The molecule has 0 aromatic heterocycles. The van der Waals surface area contributed by atoms with Crippen LogP contribution in [-0.4, -0.2) is 5.91 Å². The summed E-state index contributed by atoms with van der Waals surface area (Å²) < 4.78 is 0. The summed E-state index contributed by atoms with van der Waals surface area (Å²) in [5.41, 5.74) is 3.38. The van der Waals surface area contributed by atoms with Gasteiger partial charge in [-0.05, 0) is 41.8 Å². The molecule has 1 aliphatic rings. The Morgan fingerprint density at radius 2 is 1.42 bits per heavy atom. The van der Waals surface area contributed by atoms with Crippen molar-refractivity contribution >= 4 is 11.6 Å². The normalized spacial score (nSPS) is 17.1.